The number of amides is 1. The summed E-state index contributed by atoms with van der Waals surface area (Å²) in [5, 5.41) is 2.78. The largest absolute Gasteiger partial charge is 0.493 e. The van der Waals surface area contributed by atoms with E-state index in [1.165, 1.54) is 12.1 Å². The molecule has 0 saturated carbocycles. The average Bonchev–Trinajstić information content (AvgIpc) is 2.61. The first kappa shape index (κ1) is 18.3. The number of carbonyl (C=O) groups is 1. The predicted molar refractivity (Wildman–Crippen MR) is 97.0 cm³/mol. The van der Waals surface area contributed by atoms with Crippen molar-refractivity contribution in [2.45, 2.75) is 18.6 Å². The van der Waals surface area contributed by atoms with Gasteiger partial charge in [0.2, 0.25) is 5.91 Å². The number of thioether (sulfide) groups is 1. The summed E-state index contributed by atoms with van der Waals surface area (Å²) in [5.41, 5.74) is 1.01. The molecule has 0 spiro atoms. The summed E-state index contributed by atoms with van der Waals surface area (Å²) in [6.45, 7) is 3.01. The first-order chi connectivity index (χ1) is 11.6. The number of rotatable bonds is 9. The van der Waals surface area contributed by atoms with Crippen LogP contribution in [0.5, 0.6) is 5.75 Å². The first-order valence-corrected chi connectivity index (χ1v) is 9.01. The van der Waals surface area contributed by atoms with Crippen LogP contribution in [-0.4, -0.2) is 30.1 Å². The number of carbonyl (C=O) groups excluding carboxylic acids is 1. The maximum absolute atomic E-state index is 12.8. The minimum absolute atomic E-state index is 0.0156. The van der Waals surface area contributed by atoms with Crippen molar-refractivity contribution in [3.8, 4) is 5.75 Å². The number of ether oxygens (including phenoxy) is 1. The summed E-state index contributed by atoms with van der Waals surface area (Å²) < 4.78 is 18.4. The lowest BCUT2D eigenvalue weighted by atomic mass is 10.1. The molecule has 0 fully saturated rings. The highest BCUT2D eigenvalue weighted by atomic mass is 32.2. The Kier molecular flexibility index (Phi) is 7.62. The van der Waals surface area contributed by atoms with E-state index in [0.29, 0.717) is 19.6 Å². The lowest BCUT2D eigenvalue weighted by molar-refractivity contribution is -0.120. The molecule has 0 saturated heterocycles. The van der Waals surface area contributed by atoms with Crippen molar-refractivity contribution < 1.29 is 13.9 Å². The molecule has 0 aromatic heterocycles. The number of nitrogens with one attached hydrogen (secondary N) is 1. The summed E-state index contributed by atoms with van der Waals surface area (Å²) in [6, 6.07) is 16.0. The average molecular weight is 347 g/mol. The molecule has 0 aliphatic carbocycles. The van der Waals surface area contributed by atoms with Crippen molar-refractivity contribution in [1.82, 2.24) is 5.32 Å². The van der Waals surface area contributed by atoms with E-state index in [0.717, 1.165) is 17.1 Å². The molecule has 0 radical (unpaired) electrons. The monoisotopic (exact) mass is 347 g/mol. The van der Waals surface area contributed by atoms with Crippen LogP contribution in [0.25, 0.3) is 0 Å². The van der Waals surface area contributed by atoms with Crippen LogP contribution in [0.2, 0.25) is 0 Å². The highest BCUT2D eigenvalue weighted by molar-refractivity contribution is 8.00. The Bertz CT molecular complexity index is 619. The van der Waals surface area contributed by atoms with Crippen LogP contribution in [0.4, 0.5) is 4.39 Å². The van der Waals surface area contributed by atoms with Crippen LogP contribution in [0.3, 0.4) is 0 Å². The summed E-state index contributed by atoms with van der Waals surface area (Å²) >= 11 is 1.57. The fourth-order valence-corrected chi connectivity index (χ4v) is 2.87. The van der Waals surface area contributed by atoms with Crippen molar-refractivity contribution >= 4 is 17.7 Å². The Morgan fingerprint density at radius 2 is 1.88 bits per heavy atom. The van der Waals surface area contributed by atoms with E-state index in [1.807, 2.05) is 37.3 Å². The second-order valence-electron chi connectivity index (χ2n) is 5.34. The van der Waals surface area contributed by atoms with Crippen molar-refractivity contribution in [3.63, 3.8) is 0 Å². The molecule has 1 unspecified atom stereocenters. The van der Waals surface area contributed by atoms with E-state index >= 15 is 0 Å². The Labute approximate surface area is 146 Å². The van der Waals surface area contributed by atoms with Gasteiger partial charge in [-0.05, 0) is 43.2 Å². The standard InChI is InChI=1S/C19H22FNO2S/c1-15(24-14-13-23-18-5-3-2-4-6-18)19(22)21-12-11-16-7-9-17(20)10-8-16/h2-10,15H,11-14H2,1H3,(H,21,22). The first-order valence-electron chi connectivity index (χ1n) is 7.97. The van der Waals surface area contributed by atoms with Gasteiger partial charge in [-0.3, -0.25) is 4.79 Å². The molecule has 3 nitrogen and oxygen atoms in total. The fourth-order valence-electron chi connectivity index (χ4n) is 2.10. The Hall–Kier alpha value is -2.01. The molecule has 2 rings (SSSR count). The number of para-hydroxylation sites is 1. The Morgan fingerprint density at radius 3 is 2.58 bits per heavy atom. The quantitative estimate of drug-likeness (QED) is 0.703. The van der Waals surface area contributed by atoms with Crippen LogP contribution < -0.4 is 10.1 Å². The van der Waals surface area contributed by atoms with Gasteiger partial charge in [-0.2, -0.15) is 0 Å². The third-order valence-corrected chi connectivity index (χ3v) is 4.57. The topological polar surface area (TPSA) is 38.3 Å². The maximum Gasteiger partial charge on any atom is 0.232 e. The third kappa shape index (κ3) is 6.62. The molecule has 128 valence electrons. The molecule has 0 aliphatic heterocycles. The molecule has 0 bridgehead atoms. The van der Waals surface area contributed by atoms with Crippen LogP contribution >= 0.6 is 11.8 Å². The molecular formula is C19H22FNO2S. The smallest absolute Gasteiger partial charge is 0.232 e. The van der Waals surface area contributed by atoms with E-state index in [2.05, 4.69) is 5.32 Å². The summed E-state index contributed by atoms with van der Waals surface area (Å²) in [6.07, 6.45) is 0.695. The fraction of sp³-hybridized carbons (Fsp3) is 0.316. The van der Waals surface area contributed by atoms with Crippen LogP contribution in [0, 0.1) is 5.82 Å². The van der Waals surface area contributed by atoms with E-state index in [-0.39, 0.29) is 17.0 Å². The lowest BCUT2D eigenvalue weighted by Crippen LogP contribution is -2.32. The van der Waals surface area contributed by atoms with Gasteiger partial charge in [-0.25, -0.2) is 4.39 Å². The number of hydrogen-bond acceptors (Lipinski definition) is 3. The van der Waals surface area contributed by atoms with E-state index < -0.39 is 0 Å². The van der Waals surface area contributed by atoms with Crippen LogP contribution in [0.15, 0.2) is 54.6 Å². The second-order valence-corrected chi connectivity index (χ2v) is 6.79. The molecular weight excluding hydrogens is 325 g/mol. The molecule has 1 N–H and O–H groups in total. The Morgan fingerprint density at radius 1 is 1.17 bits per heavy atom. The molecule has 0 aliphatic rings. The van der Waals surface area contributed by atoms with Gasteiger partial charge in [0.25, 0.3) is 0 Å². The van der Waals surface area contributed by atoms with Gasteiger partial charge in [0.15, 0.2) is 0 Å². The zero-order valence-corrected chi connectivity index (χ0v) is 14.5. The molecule has 1 atom stereocenters. The number of hydrogen-bond donors (Lipinski definition) is 1. The van der Waals surface area contributed by atoms with Crippen LogP contribution in [-0.2, 0) is 11.2 Å². The van der Waals surface area contributed by atoms with E-state index in [1.54, 1.807) is 23.9 Å². The molecule has 5 heteroatoms. The van der Waals surface area contributed by atoms with Crippen LogP contribution in [0.1, 0.15) is 12.5 Å². The van der Waals surface area contributed by atoms with Gasteiger partial charge in [0.1, 0.15) is 11.6 Å². The zero-order chi connectivity index (χ0) is 17.2. The third-order valence-electron chi connectivity index (χ3n) is 3.46. The van der Waals surface area contributed by atoms with Gasteiger partial charge >= 0.3 is 0 Å². The van der Waals surface area contributed by atoms with E-state index in [4.69, 9.17) is 4.74 Å². The minimum Gasteiger partial charge on any atom is -0.493 e. The van der Waals surface area contributed by atoms with Crippen molar-refractivity contribution in [1.29, 1.82) is 0 Å². The van der Waals surface area contributed by atoms with Gasteiger partial charge in [-0.15, -0.1) is 11.8 Å². The highest BCUT2D eigenvalue weighted by Crippen LogP contribution is 2.13. The van der Waals surface area contributed by atoms with Gasteiger partial charge < -0.3 is 10.1 Å². The molecule has 2 aromatic rings. The second kappa shape index (κ2) is 9.98. The maximum atomic E-state index is 12.8. The highest BCUT2D eigenvalue weighted by Gasteiger charge is 2.12. The number of halogens is 1. The SMILES string of the molecule is CC(SCCOc1ccccc1)C(=O)NCCc1ccc(F)cc1. The van der Waals surface area contributed by atoms with Crippen molar-refractivity contribution in [2.24, 2.45) is 0 Å². The van der Waals surface area contributed by atoms with E-state index in [9.17, 15) is 9.18 Å². The Balaban J connectivity index is 1.59. The summed E-state index contributed by atoms with van der Waals surface area (Å²) in [5.74, 6) is 1.36. The molecule has 1 amide bonds. The molecule has 2 aromatic carbocycles. The molecule has 24 heavy (non-hydrogen) atoms. The normalized spacial score (nSPS) is 11.8. The predicted octanol–water partition coefficient (Wildman–Crippen LogP) is 3.69. The zero-order valence-electron chi connectivity index (χ0n) is 13.7. The van der Waals surface area contributed by atoms with Crippen molar-refractivity contribution in [2.75, 3.05) is 18.9 Å². The van der Waals surface area contributed by atoms with Gasteiger partial charge in [0.05, 0.1) is 11.9 Å². The van der Waals surface area contributed by atoms with Gasteiger partial charge in [0, 0.05) is 12.3 Å². The minimum atomic E-state index is -0.245. The molecule has 0 heterocycles. The van der Waals surface area contributed by atoms with Crippen molar-refractivity contribution in [3.05, 3.63) is 66.0 Å². The summed E-state index contributed by atoms with van der Waals surface area (Å²) in [4.78, 5) is 12.0. The summed E-state index contributed by atoms with van der Waals surface area (Å²) in [7, 11) is 0. The van der Waals surface area contributed by atoms with Gasteiger partial charge in [-0.1, -0.05) is 30.3 Å². The number of benzene rings is 2. The lowest BCUT2D eigenvalue weighted by Gasteiger charge is -2.12.